The van der Waals surface area contributed by atoms with Crippen LogP contribution < -0.4 is 15.4 Å². The average Bonchev–Trinajstić information content (AvgIpc) is 2.78. The molecule has 6 nitrogen and oxygen atoms in total. The third-order valence-corrected chi connectivity index (χ3v) is 4.49. The van der Waals surface area contributed by atoms with Crippen LogP contribution in [0.4, 0.5) is 11.4 Å². The second-order valence-electron chi connectivity index (χ2n) is 6.77. The van der Waals surface area contributed by atoms with E-state index in [0.717, 1.165) is 5.56 Å². The molecule has 31 heavy (non-hydrogen) atoms. The van der Waals surface area contributed by atoms with Crippen molar-refractivity contribution in [2.45, 2.75) is 6.92 Å². The van der Waals surface area contributed by atoms with Crippen LogP contribution >= 0.6 is 0 Å². The van der Waals surface area contributed by atoms with Crippen LogP contribution in [-0.4, -0.2) is 18.9 Å². The minimum absolute atomic E-state index is 0.0760. The fourth-order valence-corrected chi connectivity index (χ4v) is 2.87. The number of nitrogens with zero attached hydrogens (tertiary/aromatic N) is 1. The Bertz CT molecular complexity index is 1180. The van der Waals surface area contributed by atoms with Crippen molar-refractivity contribution < 1.29 is 14.3 Å². The number of ether oxygens (including phenoxy) is 1. The molecular formula is C25H21N3O3. The van der Waals surface area contributed by atoms with Crippen molar-refractivity contribution in [2.24, 2.45) is 0 Å². The molecule has 2 N–H and O–H groups in total. The number of para-hydroxylation sites is 2. The fourth-order valence-electron chi connectivity index (χ4n) is 2.87. The van der Waals surface area contributed by atoms with Crippen molar-refractivity contribution in [1.82, 2.24) is 0 Å². The molecule has 0 aliphatic heterocycles. The highest BCUT2D eigenvalue weighted by Gasteiger charge is 2.12. The van der Waals surface area contributed by atoms with Gasteiger partial charge in [-0.15, -0.1) is 0 Å². The van der Waals surface area contributed by atoms with Crippen molar-refractivity contribution in [3.05, 3.63) is 95.1 Å². The van der Waals surface area contributed by atoms with Crippen LogP contribution in [0.3, 0.4) is 0 Å². The molecule has 0 atom stereocenters. The topological polar surface area (TPSA) is 91.2 Å². The van der Waals surface area contributed by atoms with E-state index in [0.29, 0.717) is 28.3 Å². The van der Waals surface area contributed by atoms with E-state index < -0.39 is 5.91 Å². The number of carbonyl (C=O) groups is 2. The zero-order valence-corrected chi connectivity index (χ0v) is 17.2. The third-order valence-electron chi connectivity index (χ3n) is 4.49. The Balaban J connectivity index is 1.77. The van der Waals surface area contributed by atoms with E-state index in [4.69, 9.17) is 4.74 Å². The van der Waals surface area contributed by atoms with E-state index in [1.165, 1.54) is 13.2 Å². The maximum atomic E-state index is 12.6. The number of nitriles is 1. The lowest BCUT2D eigenvalue weighted by molar-refractivity contribution is -0.112. The van der Waals surface area contributed by atoms with Gasteiger partial charge >= 0.3 is 0 Å². The van der Waals surface area contributed by atoms with Gasteiger partial charge in [-0.3, -0.25) is 9.59 Å². The largest absolute Gasteiger partial charge is 0.495 e. The molecule has 0 fully saturated rings. The van der Waals surface area contributed by atoms with Crippen LogP contribution in [0.25, 0.3) is 6.08 Å². The molecule has 0 aliphatic carbocycles. The monoisotopic (exact) mass is 411 g/mol. The van der Waals surface area contributed by atoms with Gasteiger partial charge in [-0.2, -0.15) is 5.26 Å². The maximum Gasteiger partial charge on any atom is 0.266 e. The van der Waals surface area contributed by atoms with Crippen molar-refractivity contribution in [3.8, 4) is 11.8 Å². The molecule has 0 heterocycles. The van der Waals surface area contributed by atoms with Crippen LogP contribution in [0, 0.1) is 18.3 Å². The summed E-state index contributed by atoms with van der Waals surface area (Å²) in [4.78, 5) is 25.0. The molecule has 3 aromatic rings. The number of methoxy groups -OCH3 is 1. The van der Waals surface area contributed by atoms with Gasteiger partial charge in [0.05, 0.1) is 12.8 Å². The average molecular weight is 411 g/mol. The summed E-state index contributed by atoms with van der Waals surface area (Å²) in [5.74, 6) is -0.300. The van der Waals surface area contributed by atoms with Crippen molar-refractivity contribution >= 4 is 29.3 Å². The quantitative estimate of drug-likeness (QED) is 0.450. The van der Waals surface area contributed by atoms with Crippen LogP contribution in [0.15, 0.2) is 78.4 Å². The molecule has 0 aliphatic rings. The Labute approximate surface area is 180 Å². The first-order valence-corrected chi connectivity index (χ1v) is 9.54. The third kappa shape index (κ3) is 5.58. The Morgan fingerprint density at radius 3 is 2.42 bits per heavy atom. The first-order valence-electron chi connectivity index (χ1n) is 9.54. The number of anilines is 2. The van der Waals surface area contributed by atoms with E-state index >= 15 is 0 Å². The predicted molar refractivity (Wildman–Crippen MR) is 121 cm³/mol. The van der Waals surface area contributed by atoms with Crippen molar-refractivity contribution in [2.75, 3.05) is 17.7 Å². The number of hydrogen-bond acceptors (Lipinski definition) is 4. The molecule has 0 bridgehead atoms. The fraction of sp³-hybridized carbons (Fsp3) is 0.0800. The molecule has 0 saturated heterocycles. The molecule has 3 rings (SSSR count). The van der Waals surface area contributed by atoms with Gasteiger partial charge in [0.1, 0.15) is 17.4 Å². The van der Waals surface area contributed by atoms with Crippen LogP contribution in [0.5, 0.6) is 5.75 Å². The lowest BCUT2D eigenvalue weighted by Gasteiger charge is -2.09. The lowest BCUT2D eigenvalue weighted by atomic mass is 10.1. The highest BCUT2D eigenvalue weighted by atomic mass is 16.5. The molecule has 154 valence electrons. The summed E-state index contributed by atoms with van der Waals surface area (Å²) in [7, 11) is 1.50. The number of aryl methyl sites for hydroxylation is 1. The Morgan fingerprint density at radius 1 is 0.968 bits per heavy atom. The Morgan fingerprint density at radius 2 is 1.71 bits per heavy atom. The number of amides is 2. The summed E-state index contributed by atoms with van der Waals surface area (Å²) in [6.45, 7) is 1.95. The summed E-state index contributed by atoms with van der Waals surface area (Å²) in [6, 6.07) is 23.0. The zero-order chi connectivity index (χ0) is 22.2. The second kappa shape index (κ2) is 9.90. The number of rotatable bonds is 6. The smallest absolute Gasteiger partial charge is 0.266 e. The molecule has 3 aromatic carbocycles. The standard InChI is InChI=1S/C25H21N3O3/c1-17-10-12-19(13-11-17)24(29)27-21-7-5-6-18(15-21)14-20(16-26)25(30)28-22-8-3-4-9-23(22)31-2/h3-15H,1-2H3,(H,27,29)(H,28,30)/b20-14+. The summed E-state index contributed by atoms with van der Waals surface area (Å²) in [5.41, 5.74) is 3.16. The normalized spacial score (nSPS) is 10.7. The molecular weight excluding hydrogens is 390 g/mol. The van der Waals surface area contributed by atoms with E-state index in [2.05, 4.69) is 10.6 Å². The maximum absolute atomic E-state index is 12.6. The van der Waals surface area contributed by atoms with Crippen molar-refractivity contribution in [1.29, 1.82) is 5.26 Å². The number of hydrogen-bond donors (Lipinski definition) is 2. The Hall–Kier alpha value is -4.37. The van der Waals surface area contributed by atoms with Gasteiger partial charge < -0.3 is 15.4 Å². The molecule has 0 spiro atoms. The highest BCUT2D eigenvalue weighted by Crippen LogP contribution is 2.24. The van der Waals surface area contributed by atoms with E-state index in [1.54, 1.807) is 60.7 Å². The van der Waals surface area contributed by atoms with Crippen LogP contribution in [-0.2, 0) is 4.79 Å². The van der Waals surface area contributed by atoms with E-state index in [9.17, 15) is 14.9 Å². The van der Waals surface area contributed by atoms with Gasteiger partial charge in [0.15, 0.2) is 0 Å². The summed E-state index contributed by atoms with van der Waals surface area (Å²) in [5, 5.41) is 15.0. The summed E-state index contributed by atoms with van der Waals surface area (Å²) >= 11 is 0. The van der Waals surface area contributed by atoms with E-state index in [1.807, 2.05) is 25.1 Å². The lowest BCUT2D eigenvalue weighted by Crippen LogP contribution is -2.14. The predicted octanol–water partition coefficient (Wildman–Crippen LogP) is 4.80. The molecule has 6 heteroatoms. The van der Waals surface area contributed by atoms with Gasteiger partial charge in [-0.1, -0.05) is 42.0 Å². The summed E-state index contributed by atoms with van der Waals surface area (Å²) in [6.07, 6.45) is 1.46. The van der Waals surface area contributed by atoms with Gasteiger partial charge in [-0.05, 0) is 55.0 Å². The minimum atomic E-state index is -0.555. The minimum Gasteiger partial charge on any atom is -0.495 e. The molecule has 0 aromatic heterocycles. The first kappa shape index (κ1) is 21.3. The van der Waals surface area contributed by atoms with Crippen LogP contribution in [0.2, 0.25) is 0 Å². The van der Waals surface area contributed by atoms with E-state index in [-0.39, 0.29) is 11.5 Å². The highest BCUT2D eigenvalue weighted by molar-refractivity contribution is 6.10. The molecule has 0 unspecified atom stereocenters. The van der Waals surface area contributed by atoms with Gasteiger partial charge in [0.25, 0.3) is 11.8 Å². The second-order valence-corrected chi connectivity index (χ2v) is 6.77. The SMILES string of the molecule is COc1ccccc1NC(=O)/C(C#N)=C/c1cccc(NC(=O)c2ccc(C)cc2)c1. The Kier molecular flexibility index (Phi) is 6.82. The number of carbonyl (C=O) groups excluding carboxylic acids is 2. The van der Waals surface area contributed by atoms with Gasteiger partial charge in [-0.25, -0.2) is 0 Å². The van der Waals surface area contributed by atoms with Crippen molar-refractivity contribution in [3.63, 3.8) is 0 Å². The summed E-state index contributed by atoms with van der Waals surface area (Å²) < 4.78 is 5.22. The zero-order valence-electron chi connectivity index (χ0n) is 17.2. The number of benzene rings is 3. The molecule has 0 radical (unpaired) electrons. The van der Waals surface area contributed by atoms with Gasteiger partial charge in [0.2, 0.25) is 0 Å². The molecule has 0 saturated carbocycles. The number of nitrogens with one attached hydrogen (secondary N) is 2. The van der Waals surface area contributed by atoms with Crippen LogP contribution in [0.1, 0.15) is 21.5 Å². The molecule has 2 amide bonds. The van der Waals surface area contributed by atoms with Gasteiger partial charge in [0, 0.05) is 11.3 Å². The first-order chi connectivity index (χ1) is 15.0.